The van der Waals surface area contributed by atoms with Gasteiger partial charge < -0.3 is 4.57 Å². The normalized spacial score (nSPS) is 16.4. The molecule has 1 aliphatic rings. The van der Waals surface area contributed by atoms with Gasteiger partial charge in [0.15, 0.2) is 0 Å². The maximum Gasteiger partial charge on any atom is 0.0527 e. The number of likely N-dealkylation sites (N-methyl/N-ethyl adjacent to an activating group) is 1. The van der Waals surface area contributed by atoms with Gasteiger partial charge in [0.25, 0.3) is 0 Å². The molecule has 2 aromatic rings. The number of hydrogen-bond acceptors (Lipinski definition) is 1. The van der Waals surface area contributed by atoms with Crippen LogP contribution >= 0.6 is 15.9 Å². The zero-order chi connectivity index (χ0) is 12.0. The molecule has 0 unspecified atom stereocenters. The van der Waals surface area contributed by atoms with E-state index in [4.69, 9.17) is 0 Å². The highest BCUT2D eigenvalue weighted by molar-refractivity contribution is 9.10. The van der Waals surface area contributed by atoms with Crippen LogP contribution in [0.1, 0.15) is 18.2 Å². The molecule has 0 bridgehead atoms. The van der Waals surface area contributed by atoms with E-state index in [9.17, 15) is 0 Å². The average molecular weight is 293 g/mol. The van der Waals surface area contributed by atoms with Crippen molar-refractivity contribution in [2.24, 2.45) is 0 Å². The Hall–Kier alpha value is -0.800. The van der Waals surface area contributed by atoms with Crippen molar-refractivity contribution in [1.82, 2.24) is 9.47 Å². The van der Waals surface area contributed by atoms with Gasteiger partial charge in [0.1, 0.15) is 0 Å². The molecule has 1 aromatic carbocycles. The molecule has 0 atom stereocenters. The van der Waals surface area contributed by atoms with Gasteiger partial charge in [-0.3, -0.25) is 4.90 Å². The quantitative estimate of drug-likeness (QED) is 0.782. The van der Waals surface area contributed by atoms with Crippen molar-refractivity contribution < 1.29 is 0 Å². The van der Waals surface area contributed by atoms with Gasteiger partial charge in [0, 0.05) is 35.2 Å². The van der Waals surface area contributed by atoms with Gasteiger partial charge in [-0.05, 0) is 35.0 Å². The van der Waals surface area contributed by atoms with Crippen molar-refractivity contribution in [2.75, 3.05) is 13.6 Å². The van der Waals surface area contributed by atoms with Gasteiger partial charge in [-0.15, -0.1) is 0 Å². The molecular weight excluding hydrogens is 276 g/mol. The third kappa shape index (κ3) is 1.64. The Labute approximate surface area is 110 Å². The van der Waals surface area contributed by atoms with Crippen molar-refractivity contribution in [3.63, 3.8) is 0 Å². The zero-order valence-electron chi connectivity index (χ0n) is 10.3. The van der Waals surface area contributed by atoms with Gasteiger partial charge in [0.05, 0.1) is 5.52 Å². The smallest absolute Gasteiger partial charge is 0.0527 e. The summed E-state index contributed by atoms with van der Waals surface area (Å²) in [5, 5.41) is 1.37. The molecule has 0 saturated heterocycles. The van der Waals surface area contributed by atoms with E-state index in [1.165, 1.54) is 26.6 Å². The number of rotatable bonds is 1. The fourth-order valence-corrected chi connectivity index (χ4v) is 3.45. The summed E-state index contributed by atoms with van der Waals surface area (Å²) < 4.78 is 3.78. The first-order valence-corrected chi connectivity index (χ1v) is 6.98. The molecule has 2 nitrogen and oxygen atoms in total. The van der Waals surface area contributed by atoms with Crippen LogP contribution in [0.25, 0.3) is 10.9 Å². The average Bonchev–Trinajstić information content (AvgIpc) is 2.63. The third-order valence-corrected chi connectivity index (χ3v) is 4.60. The number of nitrogens with zero attached hydrogens (tertiary/aromatic N) is 2. The van der Waals surface area contributed by atoms with Gasteiger partial charge in [-0.2, -0.15) is 0 Å². The van der Waals surface area contributed by atoms with E-state index in [-0.39, 0.29) is 0 Å². The minimum absolute atomic E-state index is 1.04. The fraction of sp³-hybridized carbons (Fsp3) is 0.429. The van der Waals surface area contributed by atoms with Crippen LogP contribution in [-0.4, -0.2) is 23.1 Å². The van der Waals surface area contributed by atoms with E-state index in [1.54, 1.807) is 0 Å². The van der Waals surface area contributed by atoms with Crippen LogP contribution in [-0.2, 0) is 19.5 Å². The van der Waals surface area contributed by atoms with Crippen LogP contribution in [0, 0.1) is 0 Å². The lowest BCUT2D eigenvalue weighted by atomic mass is 10.1. The highest BCUT2D eigenvalue weighted by Crippen LogP contribution is 2.35. The summed E-state index contributed by atoms with van der Waals surface area (Å²) in [5.41, 5.74) is 4.32. The number of benzene rings is 1. The molecule has 0 spiro atoms. The monoisotopic (exact) mass is 292 g/mol. The molecule has 90 valence electrons. The van der Waals surface area contributed by atoms with E-state index in [2.05, 4.69) is 57.6 Å². The van der Waals surface area contributed by atoms with Gasteiger partial charge in [0.2, 0.25) is 0 Å². The maximum atomic E-state index is 3.78. The molecule has 0 radical (unpaired) electrons. The minimum Gasteiger partial charge on any atom is -0.341 e. The Morgan fingerprint density at radius 3 is 2.88 bits per heavy atom. The third-order valence-electron chi connectivity index (χ3n) is 3.71. The second kappa shape index (κ2) is 4.14. The van der Waals surface area contributed by atoms with Crippen LogP contribution < -0.4 is 0 Å². The van der Waals surface area contributed by atoms with Crippen molar-refractivity contribution in [1.29, 1.82) is 0 Å². The summed E-state index contributed by atoms with van der Waals surface area (Å²) in [4.78, 5) is 2.38. The lowest BCUT2D eigenvalue weighted by Gasteiger charge is -2.25. The van der Waals surface area contributed by atoms with Gasteiger partial charge >= 0.3 is 0 Å². The predicted octanol–water partition coefficient (Wildman–Crippen LogP) is 3.41. The summed E-state index contributed by atoms with van der Waals surface area (Å²) in [6.45, 7) is 5.52. The Morgan fingerprint density at radius 1 is 1.29 bits per heavy atom. The number of fused-ring (bicyclic) bond motifs is 3. The largest absolute Gasteiger partial charge is 0.341 e. The number of aromatic nitrogens is 1. The van der Waals surface area contributed by atoms with E-state index in [1.807, 2.05) is 0 Å². The molecule has 0 fully saturated rings. The fourth-order valence-electron chi connectivity index (χ4n) is 2.79. The lowest BCUT2D eigenvalue weighted by molar-refractivity contribution is 0.272. The Morgan fingerprint density at radius 2 is 2.12 bits per heavy atom. The molecular formula is C14H17BrN2. The summed E-state index contributed by atoms with van der Waals surface area (Å²) in [6, 6.07) is 6.64. The molecule has 0 aliphatic carbocycles. The van der Waals surface area contributed by atoms with Crippen molar-refractivity contribution in [3.05, 3.63) is 33.9 Å². The van der Waals surface area contributed by atoms with Crippen molar-refractivity contribution in [2.45, 2.75) is 26.4 Å². The van der Waals surface area contributed by atoms with Crippen molar-refractivity contribution in [3.8, 4) is 0 Å². The van der Waals surface area contributed by atoms with E-state index in [0.29, 0.717) is 0 Å². The van der Waals surface area contributed by atoms with Crippen molar-refractivity contribution >= 4 is 26.8 Å². The minimum atomic E-state index is 1.04. The Balaban J connectivity index is 2.34. The standard InChI is InChI=1S/C14H17BrN2/c1-3-10-5-4-6-11-13(15)12-9-16(2)7-8-17(12)14(10)11/h4-6H,3,7-9H2,1-2H3. The molecule has 0 N–H and O–H groups in total. The van der Waals surface area contributed by atoms with Gasteiger partial charge in [-0.25, -0.2) is 0 Å². The molecule has 17 heavy (non-hydrogen) atoms. The van der Waals surface area contributed by atoms with E-state index >= 15 is 0 Å². The number of halogens is 1. The molecule has 1 aliphatic heterocycles. The topological polar surface area (TPSA) is 8.17 Å². The van der Waals surface area contributed by atoms with Crippen LogP contribution in [0.3, 0.4) is 0 Å². The number of aryl methyl sites for hydroxylation is 1. The lowest BCUT2D eigenvalue weighted by Crippen LogP contribution is -2.30. The first-order valence-electron chi connectivity index (χ1n) is 6.19. The highest BCUT2D eigenvalue weighted by atomic mass is 79.9. The first-order chi connectivity index (χ1) is 8.22. The van der Waals surface area contributed by atoms with E-state index in [0.717, 1.165) is 26.1 Å². The molecule has 3 heteroatoms. The number of para-hydroxylation sites is 1. The SMILES string of the molecule is CCc1cccc2c(Br)c3n(c12)CCN(C)C3. The summed E-state index contributed by atoms with van der Waals surface area (Å²) in [7, 11) is 2.19. The zero-order valence-corrected chi connectivity index (χ0v) is 11.9. The Kier molecular flexibility index (Phi) is 2.75. The van der Waals surface area contributed by atoms with Crippen LogP contribution in [0.2, 0.25) is 0 Å². The van der Waals surface area contributed by atoms with Crippen LogP contribution in [0.15, 0.2) is 22.7 Å². The summed E-state index contributed by atoms with van der Waals surface area (Å²) in [6.07, 6.45) is 1.10. The molecule has 0 amide bonds. The second-order valence-corrected chi connectivity index (χ2v) is 5.61. The molecule has 2 heterocycles. The second-order valence-electron chi connectivity index (χ2n) is 4.82. The summed E-state index contributed by atoms with van der Waals surface area (Å²) in [5.74, 6) is 0. The van der Waals surface area contributed by atoms with Gasteiger partial charge in [-0.1, -0.05) is 25.1 Å². The predicted molar refractivity (Wildman–Crippen MR) is 75.4 cm³/mol. The van der Waals surface area contributed by atoms with Crippen LogP contribution in [0.5, 0.6) is 0 Å². The number of hydrogen-bond donors (Lipinski definition) is 0. The van der Waals surface area contributed by atoms with E-state index < -0.39 is 0 Å². The Bertz CT molecular complexity index is 571. The molecule has 0 saturated carbocycles. The van der Waals surface area contributed by atoms with Crippen LogP contribution in [0.4, 0.5) is 0 Å². The first kappa shape index (κ1) is 11.3. The molecule has 3 rings (SSSR count). The highest BCUT2D eigenvalue weighted by Gasteiger charge is 2.21. The molecule has 1 aromatic heterocycles. The maximum absolute atomic E-state index is 3.78. The summed E-state index contributed by atoms with van der Waals surface area (Å²) >= 11 is 3.78.